The summed E-state index contributed by atoms with van der Waals surface area (Å²) >= 11 is 1.30. The van der Waals surface area contributed by atoms with E-state index in [0.29, 0.717) is 27.7 Å². The molecule has 0 radical (unpaired) electrons. The van der Waals surface area contributed by atoms with Crippen molar-refractivity contribution in [3.8, 4) is 11.3 Å². The second-order valence-electron chi connectivity index (χ2n) is 5.24. The lowest BCUT2D eigenvalue weighted by Crippen LogP contribution is -2.09. The maximum Gasteiger partial charge on any atom is 0.344 e. The molecule has 0 saturated heterocycles. The molecule has 0 saturated carbocycles. The number of halogens is 1. The van der Waals surface area contributed by atoms with E-state index in [1.165, 1.54) is 17.8 Å². The Kier molecular flexibility index (Phi) is 5.50. The Labute approximate surface area is 149 Å². The topological polar surface area (TPSA) is 52.3 Å². The minimum atomic E-state index is -0.494. The number of rotatable bonds is 6. The lowest BCUT2D eigenvalue weighted by atomic mass is 10.1. The zero-order valence-corrected chi connectivity index (χ0v) is 14.4. The van der Waals surface area contributed by atoms with Crippen molar-refractivity contribution in [2.45, 2.75) is 11.8 Å². The SMILES string of the molecule is Cc1onc(-c2ccccc2)c1C(=O)OCCSc1ccccc1F. The third-order valence-corrected chi connectivity index (χ3v) is 4.54. The van der Waals surface area contributed by atoms with Gasteiger partial charge in [0.05, 0.1) is 0 Å². The van der Waals surface area contributed by atoms with Gasteiger partial charge < -0.3 is 9.26 Å². The number of aromatic nitrogens is 1. The van der Waals surface area contributed by atoms with Gasteiger partial charge in [-0.25, -0.2) is 9.18 Å². The van der Waals surface area contributed by atoms with E-state index >= 15 is 0 Å². The first-order valence-electron chi connectivity index (χ1n) is 7.73. The van der Waals surface area contributed by atoms with Gasteiger partial charge in [-0.3, -0.25) is 0 Å². The number of ether oxygens (including phenoxy) is 1. The number of hydrogen-bond donors (Lipinski definition) is 0. The van der Waals surface area contributed by atoms with E-state index < -0.39 is 5.97 Å². The summed E-state index contributed by atoms with van der Waals surface area (Å²) in [5.74, 6) is 0.0925. The molecule has 0 atom stereocenters. The van der Waals surface area contributed by atoms with Crippen LogP contribution in [0.15, 0.2) is 64.0 Å². The van der Waals surface area contributed by atoms with Crippen LogP contribution in [-0.2, 0) is 4.74 Å². The monoisotopic (exact) mass is 357 g/mol. The number of hydrogen-bond acceptors (Lipinski definition) is 5. The first-order chi connectivity index (χ1) is 12.2. The average molecular weight is 357 g/mol. The van der Waals surface area contributed by atoms with Crippen LogP contribution >= 0.6 is 11.8 Å². The Bertz CT molecular complexity index is 864. The van der Waals surface area contributed by atoms with Gasteiger partial charge in [-0.05, 0) is 19.1 Å². The Hall–Kier alpha value is -2.60. The van der Waals surface area contributed by atoms with Crippen molar-refractivity contribution in [3.05, 3.63) is 71.7 Å². The van der Waals surface area contributed by atoms with Gasteiger partial charge in [-0.1, -0.05) is 47.6 Å². The Morgan fingerprint density at radius 3 is 2.64 bits per heavy atom. The second kappa shape index (κ2) is 7.98. The molecule has 0 amide bonds. The van der Waals surface area contributed by atoms with Crippen molar-refractivity contribution >= 4 is 17.7 Å². The molecular weight excluding hydrogens is 341 g/mol. The van der Waals surface area contributed by atoms with E-state index in [0.717, 1.165) is 5.56 Å². The molecule has 0 aliphatic carbocycles. The van der Waals surface area contributed by atoms with Crippen LogP contribution in [0.4, 0.5) is 4.39 Å². The van der Waals surface area contributed by atoms with Gasteiger partial charge >= 0.3 is 5.97 Å². The number of aryl methyl sites for hydroxylation is 1. The fourth-order valence-corrected chi connectivity index (χ4v) is 3.09. The number of carbonyl (C=O) groups excluding carboxylic acids is 1. The lowest BCUT2D eigenvalue weighted by Gasteiger charge is -2.06. The highest BCUT2D eigenvalue weighted by atomic mass is 32.2. The highest BCUT2D eigenvalue weighted by molar-refractivity contribution is 7.99. The van der Waals surface area contributed by atoms with Gasteiger partial charge in [0.25, 0.3) is 0 Å². The molecule has 3 aromatic rings. The minimum absolute atomic E-state index is 0.163. The fraction of sp³-hybridized carbons (Fsp3) is 0.158. The molecule has 3 rings (SSSR count). The number of carbonyl (C=O) groups is 1. The van der Waals surface area contributed by atoms with Crippen molar-refractivity contribution in [1.29, 1.82) is 0 Å². The molecule has 1 aromatic heterocycles. The molecule has 0 N–H and O–H groups in total. The van der Waals surface area contributed by atoms with Gasteiger partial charge in [-0.15, -0.1) is 11.8 Å². The zero-order chi connectivity index (χ0) is 17.6. The summed E-state index contributed by atoms with van der Waals surface area (Å²) in [7, 11) is 0. The predicted molar refractivity (Wildman–Crippen MR) is 94.1 cm³/mol. The third-order valence-electron chi connectivity index (χ3n) is 3.52. The summed E-state index contributed by atoms with van der Waals surface area (Å²) in [5, 5.41) is 3.96. The van der Waals surface area contributed by atoms with Crippen LogP contribution in [0.1, 0.15) is 16.1 Å². The molecule has 0 bridgehead atoms. The van der Waals surface area contributed by atoms with E-state index in [2.05, 4.69) is 5.16 Å². The smallest absolute Gasteiger partial charge is 0.344 e. The van der Waals surface area contributed by atoms with Gasteiger partial charge in [0.2, 0.25) is 0 Å². The molecule has 0 unspecified atom stereocenters. The Morgan fingerprint density at radius 1 is 1.16 bits per heavy atom. The quantitative estimate of drug-likeness (QED) is 0.362. The van der Waals surface area contributed by atoms with Crippen LogP contribution in [0, 0.1) is 12.7 Å². The molecule has 0 aliphatic rings. The summed E-state index contributed by atoms with van der Waals surface area (Å²) in [5.41, 5.74) is 1.57. The van der Waals surface area contributed by atoms with Gasteiger partial charge in [0, 0.05) is 16.2 Å². The molecule has 0 spiro atoms. The predicted octanol–water partition coefficient (Wildman–Crippen LogP) is 4.74. The van der Waals surface area contributed by atoms with Crippen molar-refractivity contribution in [2.75, 3.05) is 12.4 Å². The molecule has 0 aliphatic heterocycles. The first kappa shape index (κ1) is 17.2. The summed E-state index contributed by atoms with van der Waals surface area (Å²) in [6, 6.07) is 15.8. The van der Waals surface area contributed by atoms with Crippen LogP contribution in [-0.4, -0.2) is 23.5 Å². The first-order valence-corrected chi connectivity index (χ1v) is 8.71. The minimum Gasteiger partial charge on any atom is -0.461 e. The van der Waals surface area contributed by atoms with E-state index in [4.69, 9.17) is 9.26 Å². The molecule has 6 heteroatoms. The van der Waals surface area contributed by atoms with Crippen molar-refractivity contribution in [1.82, 2.24) is 5.16 Å². The highest BCUT2D eigenvalue weighted by Gasteiger charge is 2.22. The van der Waals surface area contributed by atoms with E-state index in [-0.39, 0.29) is 12.4 Å². The van der Waals surface area contributed by atoms with E-state index in [1.807, 2.05) is 30.3 Å². The Balaban J connectivity index is 1.62. The van der Waals surface area contributed by atoms with E-state index in [9.17, 15) is 9.18 Å². The van der Waals surface area contributed by atoms with Crippen LogP contribution in [0.25, 0.3) is 11.3 Å². The summed E-state index contributed by atoms with van der Waals surface area (Å²) in [4.78, 5) is 12.9. The molecule has 0 fully saturated rings. The molecule has 4 nitrogen and oxygen atoms in total. The van der Waals surface area contributed by atoms with Crippen LogP contribution in [0.2, 0.25) is 0 Å². The maximum atomic E-state index is 13.5. The largest absolute Gasteiger partial charge is 0.461 e. The standard InChI is InChI=1S/C19H16FNO3S/c1-13-17(18(21-24-13)14-7-3-2-4-8-14)19(22)23-11-12-25-16-10-6-5-9-15(16)20/h2-10H,11-12H2,1H3. The highest BCUT2D eigenvalue weighted by Crippen LogP contribution is 2.26. The third kappa shape index (κ3) is 4.09. The average Bonchev–Trinajstić information content (AvgIpc) is 3.02. The molecule has 25 heavy (non-hydrogen) atoms. The molecule has 128 valence electrons. The van der Waals surface area contributed by atoms with Gasteiger partial charge in [-0.2, -0.15) is 0 Å². The van der Waals surface area contributed by atoms with Crippen LogP contribution in [0.3, 0.4) is 0 Å². The van der Waals surface area contributed by atoms with Crippen LogP contribution < -0.4 is 0 Å². The summed E-state index contributed by atoms with van der Waals surface area (Å²) in [6.07, 6.45) is 0. The Morgan fingerprint density at radius 2 is 1.88 bits per heavy atom. The van der Waals surface area contributed by atoms with E-state index in [1.54, 1.807) is 25.1 Å². The number of thioether (sulfide) groups is 1. The van der Waals surface area contributed by atoms with Crippen LogP contribution in [0.5, 0.6) is 0 Å². The van der Waals surface area contributed by atoms with Crippen molar-refractivity contribution in [2.24, 2.45) is 0 Å². The maximum absolute atomic E-state index is 13.5. The molecule has 2 aromatic carbocycles. The second-order valence-corrected chi connectivity index (χ2v) is 6.38. The van der Waals surface area contributed by atoms with Gasteiger partial charge in [0.15, 0.2) is 0 Å². The normalized spacial score (nSPS) is 10.6. The summed E-state index contributed by atoms with van der Waals surface area (Å²) < 4.78 is 24.0. The van der Waals surface area contributed by atoms with Gasteiger partial charge in [0.1, 0.15) is 29.4 Å². The lowest BCUT2D eigenvalue weighted by molar-refractivity contribution is 0.0529. The number of benzene rings is 2. The fourth-order valence-electron chi connectivity index (χ4n) is 2.33. The van der Waals surface area contributed by atoms with Crippen molar-refractivity contribution < 1.29 is 18.4 Å². The summed E-state index contributed by atoms with van der Waals surface area (Å²) in [6.45, 7) is 1.83. The zero-order valence-electron chi connectivity index (χ0n) is 13.6. The van der Waals surface area contributed by atoms with Crippen molar-refractivity contribution in [3.63, 3.8) is 0 Å². The number of esters is 1. The molecular formula is C19H16FNO3S. The number of nitrogens with zero attached hydrogens (tertiary/aromatic N) is 1. The molecule has 1 heterocycles.